The minimum Gasteiger partial charge on any atom is -0.481 e. The van der Waals surface area contributed by atoms with Crippen LogP contribution in [0.15, 0.2) is 42.6 Å². The van der Waals surface area contributed by atoms with Gasteiger partial charge in [-0.15, -0.1) is 0 Å². The van der Waals surface area contributed by atoms with Crippen molar-refractivity contribution in [2.24, 2.45) is 0 Å². The molecule has 3 N–H and O–H groups in total. The van der Waals surface area contributed by atoms with Crippen molar-refractivity contribution in [1.82, 2.24) is 9.97 Å². The van der Waals surface area contributed by atoms with Crippen LogP contribution in [0.3, 0.4) is 0 Å². The molecule has 4 aromatic rings. The number of fused-ring (bicyclic) bond motifs is 3. The molecule has 1 amide bonds. The van der Waals surface area contributed by atoms with E-state index in [2.05, 4.69) is 20.2 Å². The number of aromatic amines is 1. The fourth-order valence-corrected chi connectivity index (χ4v) is 8.01. The summed E-state index contributed by atoms with van der Waals surface area (Å²) in [5.74, 6) is -2.32. The molecule has 0 radical (unpaired) electrons. The average Bonchev–Trinajstić information content (AvgIpc) is 3.49. The molecule has 2 unspecified atom stereocenters. The largest absolute Gasteiger partial charge is 0.481 e. The van der Waals surface area contributed by atoms with Crippen LogP contribution >= 0.6 is 11.3 Å². The topological polar surface area (TPSA) is 108 Å². The number of hydrogen-bond donors (Lipinski definition) is 3. The number of anilines is 2. The van der Waals surface area contributed by atoms with Crippen molar-refractivity contribution in [3.05, 3.63) is 65.2 Å². The van der Waals surface area contributed by atoms with E-state index in [1.54, 1.807) is 18.3 Å². The first-order valence-corrected chi connectivity index (χ1v) is 15.7. The van der Waals surface area contributed by atoms with Crippen LogP contribution in [0.2, 0.25) is 0 Å². The van der Waals surface area contributed by atoms with Gasteiger partial charge in [0.25, 0.3) is 0 Å². The number of piperidine rings is 1. The lowest BCUT2D eigenvalue weighted by Crippen LogP contribution is -2.45. The maximum atomic E-state index is 15.0. The van der Waals surface area contributed by atoms with Crippen LogP contribution in [0.25, 0.3) is 21.3 Å². The van der Waals surface area contributed by atoms with Crippen molar-refractivity contribution < 1.29 is 37.0 Å². The van der Waals surface area contributed by atoms with E-state index in [4.69, 9.17) is 9.84 Å². The van der Waals surface area contributed by atoms with E-state index in [0.717, 1.165) is 49.1 Å². The molecule has 1 saturated carbocycles. The fraction of sp³-hybridized carbons (Fsp3) is 0.406. The van der Waals surface area contributed by atoms with Crippen LogP contribution in [0.1, 0.15) is 67.7 Å². The molecule has 3 fully saturated rings. The highest BCUT2D eigenvalue weighted by Crippen LogP contribution is 2.47. The normalized spacial score (nSPS) is 21.4. The van der Waals surface area contributed by atoms with Crippen molar-refractivity contribution in [2.45, 2.75) is 81.8 Å². The maximum Gasteiger partial charge on any atom is 0.417 e. The minimum absolute atomic E-state index is 0.0893. The SMILES string of the molecule is O=C(O)CC(=O)Nc1cc(F)c2nc(N3C4CCC3CC(OCc3c(-c5ccccc5C(F)(F)F)c[nH]c3C3CC3)C4)sc2c1. The molecule has 7 rings (SSSR count). The van der Waals surface area contributed by atoms with E-state index in [1.807, 2.05) is 0 Å². The van der Waals surface area contributed by atoms with Gasteiger partial charge in [-0.2, -0.15) is 13.2 Å². The van der Waals surface area contributed by atoms with Crippen LogP contribution in [-0.4, -0.2) is 45.1 Å². The molecule has 13 heteroatoms. The van der Waals surface area contributed by atoms with E-state index >= 15 is 0 Å². The fourth-order valence-electron chi connectivity index (χ4n) is 6.85. The second-order valence-corrected chi connectivity index (χ2v) is 13.0. The number of thiazole rings is 1. The number of carboxylic acid groups (broad SMARTS) is 1. The third kappa shape index (κ3) is 5.90. The van der Waals surface area contributed by atoms with Gasteiger partial charge in [-0.1, -0.05) is 29.5 Å². The minimum atomic E-state index is -4.48. The number of aromatic nitrogens is 2. The van der Waals surface area contributed by atoms with E-state index in [1.165, 1.54) is 23.5 Å². The van der Waals surface area contributed by atoms with E-state index in [9.17, 15) is 27.2 Å². The smallest absolute Gasteiger partial charge is 0.417 e. The van der Waals surface area contributed by atoms with Crippen LogP contribution in [0.4, 0.5) is 28.4 Å². The molecule has 1 aliphatic carbocycles. The second kappa shape index (κ2) is 11.4. The monoisotopic (exact) mass is 642 g/mol. The zero-order valence-corrected chi connectivity index (χ0v) is 24.8. The summed E-state index contributed by atoms with van der Waals surface area (Å²) in [6, 6.07) is 8.62. The van der Waals surface area contributed by atoms with Crippen molar-refractivity contribution in [3.8, 4) is 11.1 Å². The third-order valence-corrected chi connectivity index (χ3v) is 9.95. The summed E-state index contributed by atoms with van der Waals surface area (Å²) in [5, 5.41) is 11.9. The highest BCUT2D eigenvalue weighted by molar-refractivity contribution is 7.22. The lowest BCUT2D eigenvalue weighted by Gasteiger charge is -2.38. The predicted octanol–water partition coefficient (Wildman–Crippen LogP) is 7.46. The molecule has 45 heavy (non-hydrogen) atoms. The number of nitrogens with one attached hydrogen (secondary N) is 2. The van der Waals surface area contributed by atoms with Gasteiger partial charge in [-0.05, 0) is 68.2 Å². The molecule has 2 saturated heterocycles. The van der Waals surface area contributed by atoms with Crippen molar-refractivity contribution in [3.63, 3.8) is 0 Å². The zero-order valence-electron chi connectivity index (χ0n) is 24.0. The Labute approximate surface area is 259 Å². The molecule has 4 heterocycles. The summed E-state index contributed by atoms with van der Waals surface area (Å²) in [5.41, 5.74) is 2.12. The average molecular weight is 643 g/mol. The van der Waals surface area contributed by atoms with Crippen molar-refractivity contribution >= 4 is 44.2 Å². The molecule has 236 valence electrons. The van der Waals surface area contributed by atoms with Gasteiger partial charge in [0.2, 0.25) is 5.91 Å². The molecule has 2 atom stereocenters. The molecule has 2 aromatic carbocycles. The molecular weight excluding hydrogens is 612 g/mol. The van der Waals surface area contributed by atoms with Crippen LogP contribution in [-0.2, 0) is 27.1 Å². The first-order chi connectivity index (χ1) is 21.5. The molecule has 3 aliphatic rings. The van der Waals surface area contributed by atoms with Gasteiger partial charge in [0.1, 0.15) is 11.9 Å². The number of carbonyl (C=O) groups is 2. The Hall–Kier alpha value is -3.97. The van der Waals surface area contributed by atoms with Gasteiger partial charge in [-0.3, -0.25) is 9.59 Å². The maximum absolute atomic E-state index is 15.0. The first-order valence-electron chi connectivity index (χ1n) is 14.9. The summed E-state index contributed by atoms with van der Waals surface area (Å²) in [4.78, 5) is 32.8. The first kappa shape index (κ1) is 29.7. The molecule has 2 aromatic heterocycles. The van der Waals surface area contributed by atoms with Crippen LogP contribution < -0.4 is 10.2 Å². The highest BCUT2D eigenvalue weighted by Gasteiger charge is 2.43. The Bertz CT molecular complexity index is 1770. The number of amides is 1. The van der Waals surface area contributed by atoms with Crippen LogP contribution in [0, 0.1) is 5.82 Å². The number of rotatable bonds is 9. The molecule has 2 bridgehead atoms. The number of H-pyrrole nitrogens is 1. The Morgan fingerprint density at radius 2 is 1.82 bits per heavy atom. The van der Waals surface area contributed by atoms with E-state index in [0.29, 0.717) is 34.2 Å². The van der Waals surface area contributed by atoms with Gasteiger partial charge in [0, 0.05) is 40.8 Å². The Morgan fingerprint density at radius 3 is 2.51 bits per heavy atom. The van der Waals surface area contributed by atoms with Gasteiger partial charge in [0.05, 0.1) is 23.0 Å². The molecule has 8 nitrogen and oxygen atoms in total. The number of halogens is 4. The Morgan fingerprint density at radius 1 is 1.09 bits per heavy atom. The van der Waals surface area contributed by atoms with E-state index < -0.39 is 35.9 Å². The van der Waals surface area contributed by atoms with E-state index in [-0.39, 0.29) is 41.6 Å². The number of carbonyl (C=O) groups excluding carboxylic acids is 1. The predicted molar refractivity (Wildman–Crippen MR) is 161 cm³/mol. The summed E-state index contributed by atoms with van der Waals surface area (Å²) in [7, 11) is 0. The van der Waals surface area contributed by atoms with Crippen molar-refractivity contribution in [1.29, 1.82) is 0 Å². The van der Waals surface area contributed by atoms with Gasteiger partial charge in [-0.25, -0.2) is 9.37 Å². The van der Waals surface area contributed by atoms with Gasteiger partial charge in [0.15, 0.2) is 10.9 Å². The standard InChI is InChI=1S/C32H30F4N4O4S/c33-25-9-17(38-27(41)13-28(42)43)10-26-30(25)39-31(45-26)40-18-7-8-19(40)12-20(11-18)44-15-23-22(14-37-29(23)16-5-6-16)21-3-1-2-4-24(21)32(34,35)36/h1-4,9-10,14,16,18-20,37H,5-8,11-13,15H2,(H,38,41)(H,42,43). The lowest BCUT2D eigenvalue weighted by molar-refractivity contribution is -0.140. The summed E-state index contributed by atoms with van der Waals surface area (Å²) in [6.07, 6.45) is 1.64. The van der Waals surface area contributed by atoms with Crippen molar-refractivity contribution in [2.75, 3.05) is 10.2 Å². The third-order valence-electron chi connectivity index (χ3n) is 8.94. The summed E-state index contributed by atoms with van der Waals surface area (Å²) < 4.78 is 63.6. The number of aliphatic carboxylic acids is 1. The molecular formula is C32H30F4N4O4S. The molecule has 0 spiro atoms. The number of hydrogen-bond acceptors (Lipinski definition) is 6. The number of ether oxygens (including phenoxy) is 1. The molecule has 2 aliphatic heterocycles. The number of alkyl halides is 3. The Balaban J connectivity index is 1.08. The van der Waals surface area contributed by atoms with Gasteiger partial charge >= 0.3 is 12.1 Å². The Kier molecular flexibility index (Phi) is 7.55. The highest BCUT2D eigenvalue weighted by atomic mass is 32.1. The number of benzene rings is 2. The number of carboxylic acids is 1. The zero-order chi connectivity index (χ0) is 31.5. The lowest BCUT2D eigenvalue weighted by atomic mass is 9.96. The quantitative estimate of drug-likeness (QED) is 0.129. The van der Waals surface area contributed by atoms with Crippen LogP contribution in [0.5, 0.6) is 0 Å². The number of nitrogens with zero attached hydrogens (tertiary/aromatic N) is 2. The van der Waals surface area contributed by atoms with Gasteiger partial charge < -0.3 is 25.0 Å². The summed E-state index contributed by atoms with van der Waals surface area (Å²) >= 11 is 1.32. The second-order valence-electron chi connectivity index (χ2n) is 12.0. The summed E-state index contributed by atoms with van der Waals surface area (Å²) in [6.45, 7) is 0.212.